The van der Waals surface area contributed by atoms with Crippen LogP contribution in [-0.4, -0.2) is 11.8 Å². The van der Waals surface area contributed by atoms with Gasteiger partial charge in [-0.2, -0.15) is 0 Å². The van der Waals surface area contributed by atoms with E-state index in [4.69, 9.17) is 0 Å². The molecule has 1 unspecified atom stereocenters. The van der Waals surface area contributed by atoms with Crippen LogP contribution in [0, 0.1) is 0 Å². The molecule has 3 aromatic carbocycles. The normalized spacial score (nSPS) is 15.7. The molecular weight excluding hydrogens is 324 g/mol. The molecule has 1 aliphatic heterocycles. The molecule has 3 aromatic rings. The van der Waals surface area contributed by atoms with E-state index in [0.717, 1.165) is 16.8 Å². The number of carbonyl (C=O) groups excluding carboxylic acids is 2. The van der Waals surface area contributed by atoms with E-state index in [1.54, 1.807) is 0 Å². The van der Waals surface area contributed by atoms with Crippen LogP contribution in [0.4, 0.5) is 11.4 Å². The van der Waals surface area contributed by atoms with Crippen molar-refractivity contribution in [1.82, 2.24) is 0 Å². The molecule has 0 spiro atoms. The van der Waals surface area contributed by atoms with Gasteiger partial charge in [0.1, 0.15) is 0 Å². The molecule has 0 N–H and O–H groups in total. The van der Waals surface area contributed by atoms with E-state index in [2.05, 4.69) is 0 Å². The molecule has 4 heteroatoms. The number of nitrogens with zero attached hydrogens (tertiary/aromatic N) is 2. The number of fused-ring (bicyclic) bond motifs is 1. The fourth-order valence-corrected chi connectivity index (χ4v) is 3.48. The summed E-state index contributed by atoms with van der Waals surface area (Å²) in [6.07, 6.45) is 0. The zero-order valence-corrected chi connectivity index (χ0v) is 14.4. The second-order valence-electron chi connectivity index (χ2n) is 6.22. The van der Waals surface area contributed by atoms with Gasteiger partial charge in [-0.05, 0) is 29.3 Å². The van der Waals surface area contributed by atoms with Crippen LogP contribution in [0.3, 0.4) is 0 Å². The maximum Gasteiger partial charge on any atom is 0.258 e. The summed E-state index contributed by atoms with van der Waals surface area (Å²) in [5.41, 5.74) is 3.23. The zero-order valence-electron chi connectivity index (χ0n) is 14.4. The number of benzene rings is 3. The highest BCUT2D eigenvalue weighted by Crippen LogP contribution is 2.42. The lowest BCUT2D eigenvalue weighted by Crippen LogP contribution is -2.48. The number of rotatable bonds is 3. The van der Waals surface area contributed by atoms with Crippen molar-refractivity contribution in [2.24, 2.45) is 0 Å². The SMILES string of the molecule is CC(=O)N(c1ccccc1)N1C(=O)C(c2ccccc2)c2ccccc21. The number of hydrogen-bond donors (Lipinski definition) is 0. The number of anilines is 2. The quantitative estimate of drug-likeness (QED) is 0.718. The van der Waals surface area contributed by atoms with Crippen molar-refractivity contribution >= 4 is 23.2 Å². The van der Waals surface area contributed by atoms with Gasteiger partial charge in [0.2, 0.25) is 5.91 Å². The molecule has 1 atom stereocenters. The van der Waals surface area contributed by atoms with Crippen LogP contribution >= 0.6 is 0 Å². The maximum atomic E-state index is 13.4. The van der Waals surface area contributed by atoms with Gasteiger partial charge >= 0.3 is 0 Å². The Morgan fingerprint density at radius 3 is 2.08 bits per heavy atom. The summed E-state index contributed by atoms with van der Waals surface area (Å²) >= 11 is 0. The van der Waals surface area contributed by atoms with Crippen molar-refractivity contribution < 1.29 is 9.59 Å². The van der Waals surface area contributed by atoms with E-state index >= 15 is 0 Å². The highest BCUT2D eigenvalue weighted by atomic mass is 16.2. The molecule has 0 fully saturated rings. The topological polar surface area (TPSA) is 40.6 Å². The first-order valence-electron chi connectivity index (χ1n) is 8.52. The number of hydrogen-bond acceptors (Lipinski definition) is 2. The molecule has 128 valence electrons. The lowest BCUT2D eigenvalue weighted by molar-refractivity contribution is -0.122. The summed E-state index contributed by atoms with van der Waals surface area (Å²) in [6, 6.07) is 26.6. The van der Waals surface area contributed by atoms with E-state index in [1.807, 2.05) is 84.9 Å². The highest BCUT2D eigenvalue weighted by Gasteiger charge is 2.42. The smallest absolute Gasteiger partial charge is 0.258 e. The molecule has 0 bridgehead atoms. The van der Waals surface area contributed by atoms with Gasteiger partial charge in [-0.25, -0.2) is 10.0 Å². The lowest BCUT2D eigenvalue weighted by atomic mass is 9.93. The number of hydrazine groups is 1. The van der Waals surface area contributed by atoms with Crippen LogP contribution in [0.5, 0.6) is 0 Å². The zero-order chi connectivity index (χ0) is 18.1. The van der Waals surface area contributed by atoms with Crippen molar-refractivity contribution in [3.8, 4) is 0 Å². The number of amides is 2. The monoisotopic (exact) mass is 342 g/mol. The van der Waals surface area contributed by atoms with E-state index in [-0.39, 0.29) is 11.8 Å². The summed E-state index contributed by atoms with van der Waals surface area (Å²) < 4.78 is 0. The molecule has 26 heavy (non-hydrogen) atoms. The third-order valence-corrected chi connectivity index (χ3v) is 4.56. The van der Waals surface area contributed by atoms with Crippen molar-refractivity contribution in [3.63, 3.8) is 0 Å². The van der Waals surface area contributed by atoms with Crippen molar-refractivity contribution in [1.29, 1.82) is 0 Å². The van der Waals surface area contributed by atoms with E-state index in [9.17, 15) is 9.59 Å². The number of para-hydroxylation sites is 2. The Hall–Kier alpha value is -3.40. The van der Waals surface area contributed by atoms with Gasteiger partial charge in [0, 0.05) is 6.92 Å². The largest absolute Gasteiger partial charge is 0.273 e. The first-order valence-corrected chi connectivity index (χ1v) is 8.52. The molecule has 4 nitrogen and oxygen atoms in total. The molecule has 4 rings (SSSR count). The molecule has 0 saturated heterocycles. The average molecular weight is 342 g/mol. The molecule has 0 radical (unpaired) electrons. The molecular formula is C22H18N2O2. The Bertz CT molecular complexity index is 954. The third-order valence-electron chi connectivity index (χ3n) is 4.56. The first kappa shape index (κ1) is 16.1. The fourth-order valence-electron chi connectivity index (χ4n) is 3.48. The van der Waals surface area contributed by atoms with Gasteiger partial charge in [0.25, 0.3) is 5.91 Å². The van der Waals surface area contributed by atoms with Crippen LogP contribution in [0.25, 0.3) is 0 Å². The summed E-state index contributed by atoms with van der Waals surface area (Å²) in [7, 11) is 0. The van der Waals surface area contributed by atoms with Crippen LogP contribution in [0.1, 0.15) is 24.0 Å². The third kappa shape index (κ3) is 2.56. The van der Waals surface area contributed by atoms with E-state index < -0.39 is 5.92 Å². The minimum Gasteiger partial charge on any atom is -0.273 e. The van der Waals surface area contributed by atoms with Gasteiger partial charge in [0.15, 0.2) is 0 Å². The molecule has 2 amide bonds. The van der Waals surface area contributed by atoms with Gasteiger partial charge in [-0.1, -0.05) is 66.7 Å². The Kier molecular flexibility index (Phi) is 4.01. The molecule has 0 saturated carbocycles. The first-order chi connectivity index (χ1) is 12.7. The second-order valence-corrected chi connectivity index (χ2v) is 6.22. The summed E-state index contributed by atoms with van der Waals surface area (Å²) in [5.74, 6) is -0.762. The van der Waals surface area contributed by atoms with Crippen molar-refractivity contribution in [3.05, 3.63) is 96.1 Å². The van der Waals surface area contributed by atoms with Crippen LogP contribution < -0.4 is 10.0 Å². The highest BCUT2D eigenvalue weighted by molar-refractivity contribution is 6.13. The number of carbonyl (C=O) groups is 2. The Balaban J connectivity index is 1.87. The predicted octanol–water partition coefficient (Wildman–Crippen LogP) is 4.13. The van der Waals surface area contributed by atoms with Gasteiger partial charge in [-0.15, -0.1) is 0 Å². The average Bonchev–Trinajstić information content (AvgIpc) is 2.96. The summed E-state index contributed by atoms with van der Waals surface area (Å²) in [6.45, 7) is 1.47. The molecule has 1 aliphatic rings. The second kappa shape index (κ2) is 6.48. The van der Waals surface area contributed by atoms with Crippen molar-refractivity contribution in [2.45, 2.75) is 12.8 Å². The summed E-state index contributed by atoms with van der Waals surface area (Å²) in [5, 5.41) is 2.95. The fraction of sp³-hybridized carbons (Fsp3) is 0.0909. The summed E-state index contributed by atoms with van der Waals surface area (Å²) in [4.78, 5) is 25.9. The minimum atomic E-state index is -0.419. The Morgan fingerprint density at radius 1 is 0.846 bits per heavy atom. The predicted molar refractivity (Wildman–Crippen MR) is 102 cm³/mol. The van der Waals surface area contributed by atoms with Gasteiger partial charge in [0.05, 0.1) is 17.3 Å². The van der Waals surface area contributed by atoms with E-state index in [0.29, 0.717) is 5.69 Å². The van der Waals surface area contributed by atoms with Crippen LogP contribution in [0.15, 0.2) is 84.9 Å². The molecule has 0 aliphatic carbocycles. The standard InChI is InChI=1S/C22H18N2O2/c1-16(25)23(18-12-6-3-7-13-18)24-20-15-9-8-14-19(20)21(22(24)26)17-10-4-2-5-11-17/h2-15,21H,1H3. The Labute approximate surface area is 152 Å². The van der Waals surface area contributed by atoms with Gasteiger partial charge in [-0.3, -0.25) is 9.59 Å². The maximum absolute atomic E-state index is 13.4. The van der Waals surface area contributed by atoms with E-state index in [1.165, 1.54) is 16.9 Å². The van der Waals surface area contributed by atoms with Crippen LogP contribution in [0.2, 0.25) is 0 Å². The lowest BCUT2D eigenvalue weighted by Gasteiger charge is -2.31. The van der Waals surface area contributed by atoms with Gasteiger partial charge < -0.3 is 0 Å². The van der Waals surface area contributed by atoms with Crippen molar-refractivity contribution in [2.75, 3.05) is 10.0 Å². The van der Waals surface area contributed by atoms with Crippen LogP contribution in [-0.2, 0) is 9.59 Å². The minimum absolute atomic E-state index is 0.128. The Morgan fingerprint density at radius 2 is 1.42 bits per heavy atom. The molecule has 1 heterocycles. The molecule has 0 aromatic heterocycles.